The fourth-order valence-electron chi connectivity index (χ4n) is 4.75. The van der Waals surface area contributed by atoms with Crippen molar-refractivity contribution in [3.05, 3.63) is 59.8 Å². The molecule has 4 unspecified atom stereocenters. The topological polar surface area (TPSA) is 100 Å². The lowest BCUT2D eigenvalue weighted by atomic mass is 10.1. The molecule has 1 aliphatic heterocycles. The van der Waals surface area contributed by atoms with Gasteiger partial charge < -0.3 is 14.6 Å². The van der Waals surface area contributed by atoms with Gasteiger partial charge in [-0.1, -0.05) is 37.3 Å². The van der Waals surface area contributed by atoms with Gasteiger partial charge in [-0.3, -0.25) is 9.00 Å². The van der Waals surface area contributed by atoms with Gasteiger partial charge in [-0.15, -0.1) is 0 Å². The highest BCUT2D eigenvalue weighted by atomic mass is 32.2. The van der Waals surface area contributed by atoms with Crippen LogP contribution in [0.1, 0.15) is 24.0 Å². The highest BCUT2D eigenvalue weighted by Gasteiger charge is 2.73. The molecule has 0 radical (unpaired) electrons. The predicted molar refractivity (Wildman–Crippen MR) is 112 cm³/mol. The summed E-state index contributed by atoms with van der Waals surface area (Å²) in [5.41, 5.74) is -1.74. The summed E-state index contributed by atoms with van der Waals surface area (Å²) in [6, 6.07) is 11.1. The number of aromatic nitrogens is 1. The van der Waals surface area contributed by atoms with Crippen LogP contribution >= 0.6 is 0 Å². The van der Waals surface area contributed by atoms with E-state index in [-0.39, 0.29) is 26.2 Å². The molecule has 1 aliphatic carbocycles. The Morgan fingerprint density at radius 3 is 2.30 bits per heavy atom. The maximum Gasteiger partial charge on any atom is 0.417 e. The second-order valence-electron chi connectivity index (χ2n) is 8.14. The molecule has 2 aliphatic rings. The third kappa shape index (κ3) is 4.12. The van der Waals surface area contributed by atoms with Crippen molar-refractivity contribution in [3.63, 3.8) is 0 Å². The number of alkyl halides is 3. The molecule has 4 atom stereocenters. The molecule has 2 heterocycles. The first-order chi connectivity index (χ1) is 15.6. The summed E-state index contributed by atoms with van der Waals surface area (Å²) in [4.78, 5) is 18.0. The van der Waals surface area contributed by atoms with Crippen molar-refractivity contribution in [2.75, 3.05) is 31.1 Å². The Bertz CT molecular complexity index is 1030. The molecule has 33 heavy (non-hydrogen) atoms. The maximum absolute atomic E-state index is 12.8. The molecular formula is C21H22F3N4O4S-. The average Bonchev–Trinajstić information content (AvgIpc) is 3.40. The number of halogens is 3. The molecule has 0 amide bonds. The maximum atomic E-state index is 12.8. The Kier molecular flexibility index (Phi) is 6.20. The van der Waals surface area contributed by atoms with Gasteiger partial charge in [0.25, 0.3) is 0 Å². The molecule has 4 rings (SSSR count). The smallest absolute Gasteiger partial charge is 0.417 e. The van der Waals surface area contributed by atoms with Gasteiger partial charge in [-0.2, -0.15) is 17.6 Å². The quantitative estimate of drug-likeness (QED) is 0.630. The standard InChI is InChI=1S/C21H23F3N4O4S/c1-14-18(15-5-3-2-4-6-15)20(14,19(29)30)28(33(31)32)27-11-9-26(10-12-27)17-8-7-16(13-25-17)21(22,23)24/h2-8,13-14,18H,9-12H2,1H3,(H,29,30)(H,31,32)/p-1. The van der Waals surface area contributed by atoms with Crippen molar-refractivity contribution in [2.24, 2.45) is 5.92 Å². The largest absolute Gasteiger partial charge is 0.759 e. The van der Waals surface area contributed by atoms with Gasteiger partial charge in [-0.05, 0) is 23.6 Å². The number of nitrogens with zero attached hydrogens (tertiary/aromatic N) is 4. The van der Waals surface area contributed by atoms with Crippen LogP contribution in [0, 0.1) is 5.92 Å². The van der Waals surface area contributed by atoms with Gasteiger partial charge >= 0.3 is 12.1 Å². The van der Waals surface area contributed by atoms with Crippen LogP contribution in [0.25, 0.3) is 0 Å². The molecule has 12 heteroatoms. The number of anilines is 1. The summed E-state index contributed by atoms with van der Waals surface area (Å²) >= 11 is -2.84. The molecule has 178 valence electrons. The lowest BCUT2D eigenvalue weighted by Crippen LogP contribution is -2.61. The number of piperazine rings is 1. The SMILES string of the molecule is CC1C(c2ccccc2)C1(C(=O)O)N(N1CCN(c2ccc(C(F)(F)F)cn2)CC1)S(=O)[O-]. The Morgan fingerprint density at radius 2 is 1.82 bits per heavy atom. The number of rotatable bonds is 6. The molecule has 8 nitrogen and oxygen atoms in total. The fraction of sp³-hybridized carbons (Fsp3) is 0.429. The minimum absolute atomic E-state index is 0.167. The average molecular weight is 483 g/mol. The van der Waals surface area contributed by atoms with Crippen molar-refractivity contribution < 1.29 is 31.8 Å². The van der Waals surface area contributed by atoms with Gasteiger partial charge in [0.05, 0.1) is 5.56 Å². The molecule has 0 bridgehead atoms. The van der Waals surface area contributed by atoms with Crippen LogP contribution in [0.5, 0.6) is 0 Å². The highest BCUT2D eigenvalue weighted by Crippen LogP contribution is 2.61. The molecule has 2 aromatic rings. The normalized spacial score (nSPS) is 26.9. The van der Waals surface area contributed by atoms with E-state index in [4.69, 9.17) is 0 Å². The van der Waals surface area contributed by atoms with E-state index < -0.39 is 46.4 Å². The van der Waals surface area contributed by atoms with Crippen molar-refractivity contribution in [1.29, 1.82) is 0 Å². The predicted octanol–water partition coefficient (Wildman–Crippen LogP) is 2.49. The van der Waals surface area contributed by atoms with Crippen LogP contribution in [0.3, 0.4) is 0 Å². The molecule has 1 aromatic heterocycles. The van der Waals surface area contributed by atoms with Crippen LogP contribution in [-0.4, -0.2) is 66.0 Å². The number of pyridine rings is 1. The zero-order valence-electron chi connectivity index (χ0n) is 17.6. The lowest BCUT2D eigenvalue weighted by Gasteiger charge is -2.45. The van der Waals surface area contributed by atoms with Crippen LogP contribution in [0.15, 0.2) is 48.7 Å². The van der Waals surface area contributed by atoms with Gasteiger partial charge in [0.1, 0.15) is 5.82 Å². The zero-order valence-corrected chi connectivity index (χ0v) is 18.4. The van der Waals surface area contributed by atoms with E-state index in [1.165, 1.54) is 11.1 Å². The number of aliphatic carboxylic acids is 1. The Hall–Kier alpha value is -2.54. The summed E-state index contributed by atoms with van der Waals surface area (Å²) in [5.74, 6) is -1.85. The first-order valence-electron chi connectivity index (χ1n) is 10.3. The van der Waals surface area contributed by atoms with Crippen LogP contribution < -0.4 is 4.90 Å². The minimum Gasteiger partial charge on any atom is -0.759 e. The Morgan fingerprint density at radius 1 is 1.18 bits per heavy atom. The third-order valence-electron chi connectivity index (χ3n) is 6.43. The van der Waals surface area contributed by atoms with Gasteiger partial charge in [0.15, 0.2) is 5.54 Å². The van der Waals surface area contributed by atoms with Gasteiger partial charge in [0, 0.05) is 49.6 Å². The molecule has 1 saturated carbocycles. The van der Waals surface area contributed by atoms with E-state index >= 15 is 0 Å². The number of benzene rings is 1. The van der Waals surface area contributed by atoms with E-state index in [0.717, 1.165) is 22.2 Å². The van der Waals surface area contributed by atoms with Crippen LogP contribution in [-0.2, 0) is 22.2 Å². The zero-order chi connectivity index (χ0) is 24.0. The first kappa shape index (κ1) is 23.6. The number of hydrogen-bond donors (Lipinski definition) is 1. The summed E-state index contributed by atoms with van der Waals surface area (Å²) in [7, 11) is 0. The van der Waals surface area contributed by atoms with Crippen molar-refractivity contribution in [1.82, 2.24) is 14.4 Å². The first-order valence-corrected chi connectivity index (χ1v) is 11.3. The second kappa shape index (κ2) is 8.67. The molecule has 1 N–H and O–H groups in total. The van der Waals surface area contributed by atoms with E-state index in [9.17, 15) is 31.8 Å². The van der Waals surface area contributed by atoms with E-state index in [2.05, 4.69) is 4.98 Å². The van der Waals surface area contributed by atoms with Crippen LogP contribution in [0.2, 0.25) is 0 Å². The molecule has 1 saturated heterocycles. The lowest BCUT2D eigenvalue weighted by molar-refractivity contribution is -0.150. The molecule has 2 fully saturated rings. The van der Waals surface area contributed by atoms with E-state index in [1.54, 1.807) is 42.2 Å². The monoisotopic (exact) mass is 483 g/mol. The number of carboxylic acid groups (broad SMARTS) is 1. The Labute approximate surface area is 191 Å². The molecular weight excluding hydrogens is 461 g/mol. The summed E-state index contributed by atoms with van der Waals surface area (Å²) < 4.78 is 63.8. The van der Waals surface area contributed by atoms with Crippen LogP contribution in [0.4, 0.5) is 19.0 Å². The van der Waals surface area contributed by atoms with E-state index in [1.807, 2.05) is 0 Å². The van der Waals surface area contributed by atoms with E-state index in [0.29, 0.717) is 5.82 Å². The van der Waals surface area contributed by atoms with Gasteiger partial charge in [0.2, 0.25) is 0 Å². The van der Waals surface area contributed by atoms with Crippen molar-refractivity contribution in [2.45, 2.75) is 24.6 Å². The van der Waals surface area contributed by atoms with Crippen molar-refractivity contribution >= 4 is 23.1 Å². The highest BCUT2D eigenvalue weighted by molar-refractivity contribution is 7.76. The fourth-order valence-corrected chi connectivity index (χ4v) is 5.70. The number of carbonyl (C=O) groups is 1. The molecule has 0 spiro atoms. The number of hydrogen-bond acceptors (Lipinski definition) is 6. The number of carboxylic acids is 1. The second-order valence-corrected chi connectivity index (χ2v) is 8.92. The third-order valence-corrected chi connectivity index (χ3v) is 7.25. The summed E-state index contributed by atoms with van der Waals surface area (Å²) in [6.07, 6.45) is -3.72. The Balaban J connectivity index is 1.53. The summed E-state index contributed by atoms with van der Waals surface area (Å²) in [6.45, 7) is 2.59. The van der Waals surface area contributed by atoms with Crippen molar-refractivity contribution in [3.8, 4) is 0 Å². The van der Waals surface area contributed by atoms with Gasteiger partial charge in [-0.25, -0.2) is 9.99 Å². The minimum atomic E-state index is -4.48. The molecule has 1 aromatic carbocycles. The summed E-state index contributed by atoms with van der Waals surface area (Å²) in [5, 5.41) is 11.6. The number of hydrazine groups is 1.